The number of carbonyl (C=O) groups excluding carboxylic acids is 1. The maximum Gasteiger partial charge on any atom is 0.343 e. The predicted octanol–water partition coefficient (Wildman–Crippen LogP) is 4.72. The van der Waals surface area contributed by atoms with Crippen molar-refractivity contribution in [1.29, 1.82) is 0 Å². The monoisotopic (exact) mass is 289 g/mol. The second kappa shape index (κ2) is 6.72. The summed E-state index contributed by atoms with van der Waals surface area (Å²) in [4.78, 5) is 0. The third kappa shape index (κ3) is 3.61. The Kier molecular flexibility index (Phi) is 4.30. The number of hydrogen-bond acceptors (Lipinski definition) is 1. The van der Waals surface area contributed by atoms with Crippen molar-refractivity contribution in [3.8, 4) is 11.5 Å². The number of ether oxygens (including phenoxy) is 1. The van der Waals surface area contributed by atoms with E-state index in [1.165, 1.54) is 0 Å². The molecule has 2 aromatic carbocycles. The fourth-order valence-corrected chi connectivity index (χ4v) is 2.15. The van der Waals surface area contributed by atoms with Crippen molar-refractivity contribution in [3.05, 3.63) is 90.0 Å². The Morgan fingerprint density at radius 2 is 1.41 bits per heavy atom. The fourth-order valence-electron chi connectivity index (χ4n) is 2.15. The van der Waals surface area contributed by atoms with Gasteiger partial charge >= 0.3 is 5.78 Å². The van der Waals surface area contributed by atoms with Gasteiger partial charge in [0.1, 0.15) is 11.5 Å². The Bertz CT molecular complexity index is 730. The smallest absolute Gasteiger partial charge is 0.343 e. The zero-order valence-corrected chi connectivity index (χ0v) is 12.4. The highest BCUT2D eigenvalue weighted by Crippen LogP contribution is 2.22. The second-order valence-electron chi connectivity index (χ2n) is 4.90. The largest absolute Gasteiger partial charge is 0.457 e. The van der Waals surface area contributed by atoms with E-state index in [1.54, 1.807) is 7.11 Å². The Hall–Kier alpha value is -2.87. The van der Waals surface area contributed by atoms with Gasteiger partial charge in [-0.3, -0.25) is 4.42 Å². The molecule has 2 aromatic rings. The number of rotatable bonds is 3. The number of benzene rings is 2. The molecule has 22 heavy (non-hydrogen) atoms. The van der Waals surface area contributed by atoms with Crippen molar-refractivity contribution in [1.82, 2.24) is 0 Å². The molecule has 108 valence electrons. The summed E-state index contributed by atoms with van der Waals surface area (Å²) in [7, 11) is 1.67. The highest BCUT2D eigenvalue weighted by Gasteiger charge is 2.05. The lowest BCUT2D eigenvalue weighted by atomic mass is 10.1. The molecule has 2 heteroatoms. The first kappa shape index (κ1) is 14.1. The molecule has 3 rings (SSSR count). The predicted molar refractivity (Wildman–Crippen MR) is 90.1 cm³/mol. The summed E-state index contributed by atoms with van der Waals surface area (Å²) in [6.45, 7) is 0. The normalized spacial score (nSPS) is 13.1. The van der Waals surface area contributed by atoms with Crippen LogP contribution in [0.25, 0.3) is 6.08 Å². The van der Waals surface area contributed by atoms with Crippen LogP contribution in [0.5, 0.6) is 11.5 Å². The van der Waals surface area contributed by atoms with Crippen molar-refractivity contribution in [2.24, 2.45) is 0 Å². The van der Waals surface area contributed by atoms with E-state index in [4.69, 9.17) is 9.16 Å². The molecule has 0 fully saturated rings. The minimum Gasteiger partial charge on any atom is -0.457 e. The highest BCUT2D eigenvalue weighted by atomic mass is 16.5. The van der Waals surface area contributed by atoms with Crippen LogP contribution in [-0.2, 0) is 4.42 Å². The molecular weight excluding hydrogens is 272 g/mol. The topological polar surface area (TPSA) is 20.5 Å². The summed E-state index contributed by atoms with van der Waals surface area (Å²) < 4.78 is 10.9. The van der Waals surface area contributed by atoms with Crippen molar-refractivity contribution in [2.45, 2.75) is 0 Å². The lowest BCUT2D eigenvalue weighted by molar-refractivity contribution is -0.417. The Labute approximate surface area is 130 Å². The van der Waals surface area contributed by atoms with Gasteiger partial charge in [0.05, 0.1) is 0 Å². The van der Waals surface area contributed by atoms with Crippen LogP contribution in [0.2, 0.25) is 0 Å². The van der Waals surface area contributed by atoms with E-state index in [2.05, 4.69) is 6.08 Å². The van der Waals surface area contributed by atoms with Crippen LogP contribution >= 0.6 is 0 Å². The Balaban J connectivity index is 1.71. The van der Waals surface area contributed by atoms with Gasteiger partial charge in [0.15, 0.2) is 0 Å². The quantitative estimate of drug-likeness (QED) is 0.749. The van der Waals surface area contributed by atoms with E-state index in [-0.39, 0.29) is 0 Å². The van der Waals surface area contributed by atoms with Crippen LogP contribution in [0.1, 0.15) is 5.56 Å². The van der Waals surface area contributed by atoms with Crippen molar-refractivity contribution in [2.75, 3.05) is 7.11 Å². The average Bonchev–Trinajstić information content (AvgIpc) is 2.58. The second-order valence-corrected chi connectivity index (χ2v) is 4.90. The molecule has 0 atom stereocenters. The summed E-state index contributed by atoms with van der Waals surface area (Å²) in [5, 5.41) is 0. The zero-order valence-electron chi connectivity index (χ0n) is 12.4. The van der Waals surface area contributed by atoms with Gasteiger partial charge in [0.2, 0.25) is 0 Å². The van der Waals surface area contributed by atoms with Gasteiger partial charge in [-0.15, -0.1) is 0 Å². The lowest BCUT2D eigenvalue weighted by Crippen LogP contribution is -1.95. The maximum absolute atomic E-state index is 5.78. The van der Waals surface area contributed by atoms with Crippen LogP contribution in [0.3, 0.4) is 0 Å². The molecule has 0 amide bonds. The number of para-hydroxylation sites is 1. The van der Waals surface area contributed by atoms with Gasteiger partial charge < -0.3 is 4.74 Å². The summed E-state index contributed by atoms with van der Waals surface area (Å²) in [5.74, 6) is 2.54. The lowest BCUT2D eigenvalue weighted by Gasteiger charge is -2.05. The molecule has 0 saturated heterocycles. The van der Waals surface area contributed by atoms with Crippen molar-refractivity contribution < 1.29 is 9.16 Å². The maximum atomic E-state index is 5.78. The van der Waals surface area contributed by atoms with Crippen molar-refractivity contribution >= 4 is 11.9 Å². The average molecular weight is 289 g/mol. The van der Waals surface area contributed by atoms with E-state index in [9.17, 15) is 0 Å². The van der Waals surface area contributed by atoms with Crippen LogP contribution in [0, 0.1) is 0 Å². The molecule has 0 saturated carbocycles. The molecule has 0 unspecified atom stereocenters. The minimum absolute atomic E-state index is 0.832. The summed E-state index contributed by atoms with van der Waals surface area (Å²) in [5.41, 5.74) is 2.27. The Morgan fingerprint density at radius 1 is 0.773 bits per heavy atom. The van der Waals surface area contributed by atoms with Gasteiger partial charge in [-0.2, -0.15) is 0 Å². The standard InChI is InChI=1S/C20H17O2/c1-21-18-11-7-16(8-12-18)15-17-9-13-20(14-10-17)22-19-5-3-2-4-6-19/h2-15H,1H3/q+1. The van der Waals surface area contributed by atoms with E-state index < -0.39 is 0 Å². The van der Waals surface area contributed by atoms with E-state index >= 15 is 0 Å². The van der Waals surface area contributed by atoms with Gasteiger partial charge in [0.25, 0.3) is 7.11 Å². The molecule has 0 heterocycles. The molecule has 0 spiro atoms. The highest BCUT2D eigenvalue weighted by molar-refractivity contribution is 6.02. The third-order valence-corrected chi connectivity index (χ3v) is 3.31. The summed E-state index contributed by atoms with van der Waals surface area (Å²) >= 11 is 0. The van der Waals surface area contributed by atoms with Crippen LogP contribution in [0.4, 0.5) is 0 Å². The van der Waals surface area contributed by atoms with E-state index in [0.29, 0.717) is 0 Å². The first-order valence-electron chi connectivity index (χ1n) is 7.15. The molecule has 0 aliphatic heterocycles. The first-order chi connectivity index (χ1) is 10.8. The van der Waals surface area contributed by atoms with E-state index in [0.717, 1.165) is 28.4 Å². The number of ketones is 1. The Morgan fingerprint density at radius 3 is 2.05 bits per heavy atom. The molecule has 0 radical (unpaired) electrons. The molecule has 0 aromatic heterocycles. The van der Waals surface area contributed by atoms with Crippen LogP contribution in [-0.4, -0.2) is 12.9 Å². The molecule has 2 nitrogen and oxygen atoms in total. The van der Waals surface area contributed by atoms with Gasteiger partial charge in [-0.25, -0.2) is 0 Å². The molecule has 1 aliphatic carbocycles. The van der Waals surface area contributed by atoms with Gasteiger partial charge in [-0.05, 0) is 53.6 Å². The molecule has 1 aliphatic rings. The minimum atomic E-state index is 0.832. The number of allylic oxidation sites excluding steroid dienone is 5. The SMILES string of the molecule is C[O+]=C1C=CC(=Cc2ccc(Oc3ccccc3)cc2)C=C1. The zero-order chi connectivity index (χ0) is 15.2. The molecular formula is C20H17O2+. The summed E-state index contributed by atoms with van der Waals surface area (Å²) in [6.07, 6.45) is 10.1. The van der Waals surface area contributed by atoms with Gasteiger partial charge in [0, 0.05) is 12.2 Å². The van der Waals surface area contributed by atoms with Crippen LogP contribution in [0.15, 0.2) is 84.5 Å². The third-order valence-electron chi connectivity index (χ3n) is 3.31. The van der Waals surface area contributed by atoms with Crippen LogP contribution < -0.4 is 4.74 Å². The molecule has 0 N–H and O–H groups in total. The fraction of sp³-hybridized carbons (Fsp3) is 0.0500. The number of hydrogen-bond donors (Lipinski definition) is 0. The summed E-state index contributed by atoms with van der Waals surface area (Å²) in [6, 6.07) is 17.8. The van der Waals surface area contributed by atoms with E-state index in [1.807, 2.05) is 78.9 Å². The first-order valence-corrected chi connectivity index (χ1v) is 7.15. The van der Waals surface area contributed by atoms with Gasteiger partial charge in [-0.1, -0.05) is 30.3 Å². The van der Waals surface area contributed by atoms with Crippen molar-refractivity contribution in [3.63, 3.8) is 0 Å². The molecule has 0 bridgehead atoms.